The minimum atomic E-state index is -0.294. The number of fused-ring (bicyclic) bond motifs is 4. The highest BCUT2D eigenvalue weighted by atomic mass is 16.5. The van der Waals surface area contributed by atoms with Crippen molar-refractivity contribution in [2.24, 2.45) is 0 Å². The molecule has 0 aliphatic carbocycles. The summed E-state index contributed by atoms with van der Waals surface area (Å²) in [5, 5.41) is 11.5. The quantitative estimate of drug-likeness (QED) is 0.546. The minimum absolute atomic E-state index is 0.251. The highest BCUT2D eigenvalue weighted by molar-refractivity contribution is 5.95. The Morgan fingerprint density at radius 1 is 1.08 bits per heavy atom. The topological polar surface area (TPSA) is 123 Å². The van der Waals surface area contributed by atoms with Crippen LogP contribution >= 0.6 is 0 Å². The molecule has 3 aromatic heterocycles. The van der Waals surface area contributed by atoms with Gasteiger partial charge in [0, 0.05) is 44.1 Å². The van der Waals surface area contributed by atoms with Crippen molar-refractivity contribution in [3.05, 3.63) is 47.7 Å². The SMILES string of the molecule is Cc1cc(N2C[C@@H]3NC(=O)c4ncccc4OCCn4cc(nn4)CO[C@H]3C2)nc(N2CCCCC2)n1. The van der Waals surface area contributed by atoms with Gasteiger partial charge >= 0.3 is 0 Å². The van der Waals surface area contributed by atoms with Crippen LogP contribution in [0.15, 0.2) is 30.6 Å². The molecule has 3 aromatic rings. The summed E-state index contributed by atoms with van der Waals surface area (Å²) in [5.41, 5.74) is 1.90. The largest absolute Gasteiger partial charge is 0.489 e. The summed E-state index contributed by atoms with van der Waals surface area (Å²) in [6.45, 7) is 6.18. The molecule has 0 aromatic carbocycles. The highest BCUT2D eigenvalue weighted by Crippen LogP contribution is 2.26. The van der Waals surface area contributed by atoms with Crippen LogP contribution in [0.3, 0.4) is 0 Å². The van der Waals surface area contributed by atoms with Crippen molar-refractivity contribution in [1.82, 2.24) is 35.3 Å². The average molecular weight is 506 g/mol. The van der Waals surface area contributed by atoms with Gasteiger partial charge in [-0.25, -0.2) is 14.6 Å². The second kappa shape index (κ2) is 10.3. The zero-order chi connectivity index (χ0) is 25.2. The van der Waals surface area contributed by atoms with E-state index in [0.717, 1.165) is 49.1 Å². The number of aryl methyl sites for hydroxylation is 1. The number of anilines is 2. The van der Waals surface area contributed by atoms with Gasteiger partial charge in [0.1, 0.15) is 18.1 Å². The van der Waals surface area contributed by atoms with Crippen molar-refractivity contribution in [3.63, 3.8) is 0 Å². The molecule has 6 heterocycles. The van der Waals surface area contributed by atoms with Crippen LogP contribution in [0.2, 0.25) is 0 Å². The van der Waals surface area contributed by atoms with Crippen LogP contribution in [0, 0.1) is 6.92 Å². The van der Waals surface area contributed by atoms with Gasteiger partial charge in [-0.05, 0) is 38.3 Å². The fourth-order valence-corrected chi connectivity index (χ4v) is 5.07. The lowest BCUT2D eigenvalue weighted by Gasteiger charge is -2.28. The lowest BCUT2D eigenvalue weighted by Crippen LogP contribution is -2.44. The summed E-state index contributed by atoms with van der Waals surface area (Å²) >= 11 is 0. The first-order valence-electron chi connectivity index (χ1n) is 12.9. The van der Waals surface area contributed by atoms with Gasteiger partial charge in [0.05, 0.1) is 31.5 Å². The molecule has 0 unspecified atom stereocenters. The number of pyridine rings is 1. The normalized spacial score (nSPS) is 22.5. The zero-order valence-corrected chi connectivity index (χ0v) is 20.9. The minimum Gasteiger partial charge on any atom is -0.489 e. The van der Waals surface area contributed by atoms with Crippen molar-refractivity contribution in [3.8, 4) is 5.75 Å². The lowest BCUT2D eigenvalue weighted by atomic mass is 10.1. The van der Waals surface area contributed by atoms with Gasteiger partial charge in [-0.1, -0.05) is 5.21 Å². The third-order valence-electron chi connectivity index (χ3n) is 6.97. The Balaban J connectivity index is 1.28. The van der Waals surface area contributed by atoms with E-state index in [1.54, 1.807) is 23.0 Å². The second-order valence-corrected chi connectivity index (χ2v) is 9.72. The fraction of sp³-hybridized carbons (Fsp3) is 0.520. The van der Waals surface area contributed by atoms with Crippen LogP contribution in [-0.4, -0.2) is 80.8 Å². The van der Waals surface area contributed by atoms with Gasteiger partial charge in [0.2, 0.25) is 5.95 Å². The van der Waals surface area contributed by atoms with E-state index in [1.165, 1.54) is 6.42 Å². The van der Waals surface area contributed by atoms with Crippen molar-refractivity contribution < 1.29 is 14.3 Å². The van der Waals surface area contributed by atoms with E-state index in [0.29, 0.717) is 38.6 Å². The van der Waals surface area contributed by atoms with Gasteiger partial charge in [-0.2, -0.15) is 4.98 Å². The number of nitrogens with zero attached hydrogens (tertiary/aromatic N) is 8. The number of carbonyl (C=O) groups excluding carboxylic acids is 1. The molecule has 1 amide bonds. The Kier molecular flexibility index (Phi) is 6.56. The summed E-state index contributed by atoms with van der Waals surface area (Å²) in [6.07, 6.45) is 6.74. The third kappa shape index (κ3) is 5.19. The van der Waals surface area contributed by atoms with Gasteiger partial charge in [-0.15, -0.1) is 5.10 Å². The molecule has 0 spiro atoms. The number of piperidine rings is 1. The van der Waals surface area contributed by atoms with Crippen LogP contribution in [0.5, 0.6) is 5.75 Å². The van der Waals surface area contributed by atoms with Crippen LogP contribution in [0.25, 0.3) is 0 Å². The number of hydrogen-bond acceptors (Lipinski definition) is 10. The maximum Gasteiger partial charge on any atom is 0.274 e. The molecule has 12 nitrogen and oxygen atoms in total. The Bertz CT molecular complexity index is 1260. The van der Waals surface area contributed by atoms with Gasteiger partial charge in [0.25, 0.3) is 5.91 Å². The predicted molar refractivity (Wildman–Crippen MR) is 135 cm³/mol. The monoisotopic (exact) mass is 505 g/mol. The lowest BCUT2D eigenvalue weighted by molar-refractivity contribution is 0.0345. The standard InChI is InChI=1S/C25H31N9O3/c1-17-12-22(29-25(27-17)32-8-3-2-4-9-32)33-14-19-21(15-33)37-16-18-13-34(31-30-18)10-11-36-20-6-5-7-26-23(20)24(35)28-19/h5-7,12-13,19,21H,2-4,8-11,14-16H2,1H3,(H,28,35)/t19-,21-/m0/s1. The predicted octanol–water partition coefficient (Wildman–Crippen LogP) is 1.36. The van der Waals surface area contributed by atoms with E-state index < -0.39 is 0 Å². The van der Waals surface area contributed by atoms with Crippen molar-refractivity contribution in [2.75, 3.05) is 42.6 Å². The molecule has 3 aliphatic heterocycles. The number of amides is 1. The Morgan fingerprint density at radius 2 is 1.97 bits per heavy atom. The van der Waals surface area contributed by atoms with E-state index in [9.17, 15) is 4.79 Å². The summed E-state index contributed by atoms with van der Waals surface area (Å²) in [4.78, 5) is 31.6. The first-order chi connectivity index (χ1) is 18.1. The molecule has 0 radical (unpaired) electrons. The van der Waals surface area contributed by atoms with Crippen molar-refractivity contribution in [1.29, 1.82) is 0 Å². The van der Waals surface area contributed by atoms with E-state index >= 15 is 0 Å². The van der Waals surface area contributed by atoms with Crippen LogP contribution < -0.4 is 19.9 Å². The molecule has 1 N–H and O–H groups in total. The summed E-state index contributed by atoms with van der Waals surface area (Å²) < 4.78 is 13.9. The van der Waals surface area contributed by atoms with Crippen LogP contribution in [-0.2, 0) is 17.9 Å². The Labute approximate surface area is 215 Å². The van der Waals surface area contributed by atoms with Gasteiger partial charge in [0.15, 0.2) is 11.4 Å². The van der Waals surface area contributed by atoms with E-state index in [4.69, 9.17) is 19.4 Å². The maximum atomic E-state index is 13.3. The first kappa shape index (κ1) is 23.6. The fourth-order valence-electron chi connectivity index (χ4n) is 5.07. The molecule has 2 bridgehead atoms. The average Bonchev–Trinajstić information content (AvgIpc) is 3.54. The van der Waals surface area contributed by atoms with Crippen molar-refractivity contribution >= 4 is 17.7 Å². The Morgan fingerprint density at radius 3 is 2.86 bits per heavy atom. The molecule has 2 saturated heterocycles. The molecule has 2 fully saturated rings. The van der Waals surface area contributed by atoms with Gasteiger partial charge < -0.3 is 24.6 Å². The highest BCUT2D eigenvalue weighted by Gasteiger charge is 2.37. The van der Waals surface area contributed by atoms with E-state index in [-0.39, 0.29) is 23.7 Å². The summed E-state index contributed by atoms with van der Waals surface area (Å²) in [6, 6.07) is 5.21. The molecular formula is C25H31N9O3. The van der Waals surface area contributed by atoms with Crippen molar-refractivity contribution in [2.45, 2.75) is 51.5 Å². The number of hydrogen-bond donors (Lipinski definition) is 1. The first-order valence-corrected chi connectivity index (χ1v) is 12.9. The molecule has 37 heavy (non-hydrogen) atoms. The zero-order valence-electron chi connectivity index (χ0n) is 20.9. The molecule has 6 rings (SSSR count). The smallest absolute Gasteiger partial charge is 0.274 e. The number of nitrogens with one attached hydrogen (secondary N) is 1. The number of rotatable bonds is 2. The third-order valence-corrected chi connectivity index (χ3v) is 6.97. The molecular weight excluding hydrogens is 474 g/mol. The van der Waals surface area contributed by atoms with E-state index in [2.05, 4.69) is 30.4 Å². The maximum absolute atomic E-state index is 13.3. The summed E-state index contributed by atoms with van der Waals surface area (Å²) in [7, 11) is 0. The number of ether oxygens (including phenoxy) is 2. The summed E-state index contributed by atoms with van der Waals surface area (Å²) in [5.74, 6) is 1.74. The number of aromatic nitrogens is 6. The molecule has 194 valence electrons. The van der Waals surface area contributed by atoms with Crippen LogP contribution in [0.1, 0.15) is 41.1 Å². The van der Waals surface area contributed by atoms with Gasteiger partial charge in [-0.3, -0.25) is 4.79 Å². The molecule has 0 saturated carbocycles. The molecule has 2 atom stereocenters. The van der Waals surface area contributed by atoms with Crippen LogP contribution in [0.4, 0.5) is 11.8 Å². The Hall–Kier alpha value is -3.80. The molecule has 12 heteroatoms. The second-order valence-electron chi connectivity index (χ2n) is 9.72. The van der Waals surface area contributed by atoms with E-state index in [1.807, 2.05) is 19.2 Å². The molecule has 3 aliphatic rings. The number of carbonyl (C=O) groups is 1.